The number of anilines is 1. The number of methoxy groups -OCH3 is 1. The summed E-state index contributed by atoms with van der Waals surface area (Å²) in [6.45, 7) is 4.83. The lowest BCUT2D eigenvalue weighted by Crippen LogP contribution is -2.32. The lowest BCUT2D eigenvalue weighted by atomic mass is 10.1. The molecular weight excluding hydrogens is 372 g/mol. The predicted octanol–water partition coefficient (Wildman–Crippen LogP) is 2.86. The summed E-state index contributed by atoms with van der Waals surface area (Å²) in [7, 11) is 1.27. The Bertz CT molecular complexity index is 1070. The molecule has 3 aromatic rings. The number of nitrogens with one attached hydrogen (secondary N) is 1. The minimum atomic E-state index is -0.562. The van der Waals surface area contributed by atoms with Crippen molar-refractivity contribution in [2.75, 3.05) is 25.5 Å². The smallest absolute Gasteiger partial charge is 0.339 e. The summed E-state index contributed by atoms with van der Waals surface area (Å²) in [5.41, 5.74) is 1.13. The molecule has 2 aromatic heterocycles. The summed E-state index contributed by atoms with van der Waals surface area (Å²) >= 11 is 0. The Labute approximate surface area is 168 Å². The molecule has 0 aliphatic rings. The predicted molar refractivity (Wildman–Crippen MR) is 108 cm³/mol. The van der Waals surface area contributed by atoms with Gasteiger partial charge in [0.1, 0.15) is 0 Å². The number of imidazole rings is 1. The molecule has 8 heteroatoms. The summed E-state index contributed by atoms with van der Waals surface area (Å²) in [6, 6.07) is 11.8. The average Bonchev–Trinajstić information content (AvgIpc) is 3.14. The number of ether oxygens (including phenoxy) is 1. The Kier molecular flexibility index (Phi) is 5.92. The van der Waals surface area contributed by atoms with Gasteiger partial charge in [-0.25, -0.2) is 9.78 Å². The highest BCUT2D eigenvalue weighted by atomic mass is 16.5. The van der Waals surface area contributed by atoms with E-state index in [0.29, 0.717) is 24.3 Å². The van der Waals surface area contributed by atoms with Crippen LogP contribution in [-0.4, -0.2) is 52.3 Å². The number of hydrogen-bond acceptors (Lipinski definition) is 5. The fraction of sp³-hybridized carbons (Fsp3) is 0.238. The van der Waals surface area contributed by atoms with E-state index in [-0.39, 0.29) is 23.0 Å². The summed E-state index contributed by atoms with van der Waals surface area (Å²) < 4.78 is 6.36. The maximum absolute atomic E-state index is 13.0. The van der Waals surface area contributed by atoms with Gasteiger partial charge in [0.25, 0.3) is 11.8 Å². The molecule has 2 heterocycles. The molecule has 0 fully saturated rings. The molecule has 8 nitrogen and oxygen atoms in total. The van der Waals surface area contributed by atoms with Gasteiger partial charge < -0.3 is 15.0 Å². The van der Waals surface area contributed by atoms with Crippen molar-refractivity contribution in [3.05, 3.63) is 65.7 Å². The average molecular weight is 394 g/mol. The molecule has 0 saturated heterocycles. The molecular formula is C21H22N4O4. The zero-order valence-electron chi connectivity index (χ0n) is 16.5. The lowest BCUT2D eigenvalue weighted by molar-refractivity contribution is 0.0601. The third-order valence-electron chi connectivity index (χ3n) is 4.59. The van der Waals surface area contributed by atoms with Crippen LogP contribution in [0.15, 0.2) is 48.7 Å². The summed E-state index contributed by atoms with van der Waals surface area (Å²) in [6.07, 6.45) is 1.69. The van der Waals surface area contributed by atoms with Crippen LogP contribution < -0.4 is 5.32 Å². The Morgan fingerprint density at radius 2 is 1.76 bits per heavy atom. The number of hydrogen-bond donors (Lipinski definition) is 1. The van der Waals surface area contributed by atoms with Crippen LogP contribution in [0.1, 0.15) is 45.3 Å². The zero-order valence-corrected chi connectivity index (χ0v) is 16.5. The Hall–Kier alpha value is -3.68. The van der Waals surface area contributed by atoms with Crippen LogP contribution in [0.5, 0.6) is 0 Å². The van der Waals surface area contributed by atoms with Crippen molar-refractivity contribution >= 4 is 29.0 Å². The van der Waals surface area contributed by atoms with E-state index in [4.69, 9.17) is 4.74 Å². The number of carbonyl (C=O) groups is 3. The number of rotatable bonds is 6. The first-order chi connectivity index (χ1) is 14.0. The fourth-order valence-corrected chi connectivity index (χ4v) is 3.07. The van der Waals surface area contributed by atoms with Gasteiger partial charge in [0.2, 0.25) is 5.82 Å². The van der Waals surface area contributed by atoms with Crippen LogP contribution in [0.4, 0.5) is 5.69 Å². The molecule has 0 unspecified atom stereocenters. The van der Waals surface area contributed by atoms with Gasteiger partial charge in [0.05, 0.1) is 23.9 Å². The fourth-order valence-electron chi connectivity index (χ4n) is 3.07. The Morgan fingerprint density at radius 3 is 2.45 bits per heavy atom. The number of benzene rings is 1. The van der Waals surface area contributed by atoms with E-state index in [0.717, 1.165) is 0 Å². The maximum atomic E-state index is 13.0. The van der Waals surface area contributed by atoms with Crippen molar-refractivity contribution in [2.45, 2.75) is 13.8 Å². The van der Waals surface area contributed by atoms with Crippen LogP contribution >= 0.6 is 0 Å². The van der Waals surface area contributed by atoms with Crippen LogP contribution in [0.2, 0.25) is 0 Å². The van der Waals surface area contributed by atoms with Crippen molar-refractivity contribution in [1.29, 1.82) is 0 Å². The second-order valence-corrected chi connectivity index (χ2v) is 6.21. The molecule has 0 aliphatic heterocycles. The van der Waals surface area contributed by atoms with E-state index >= 15 is 0 Å². The highest BCUT2D eigenvalue weighted by Gasteiger charge is 2.24. The first kappa shape index (κ1) is 20.1. The van der Waals surface area contributed by atoms with Crippen molar-refractivity contribution in [1.82, 2.24) is 14.3 Å². The summed E-state index contributed by atoms with van der Waals surface area (Å²) in [5.74, 6) is -1.18. The second kappa shape index (κ2) is 8.55. The third-order valence-corrected chi connectivity index (χ3v) is 4.59. The number of nitrogens with zero attached hydrogens (tertiary/aromatic N) is 3. The summed E-state index contributed by atoms with van der Waals surface area (Å²) in [5, 5.41) is 2.70. The van der Waals surface area contributed by atoms with Crippen molar-refractivity contribution in [3.8, 4) is 0 Å². The minimum Gasteiger partial charge on any atom is -0.465 e. The molecule has 3 rings (SSSR count). The minimum absolute atomic E-state index is 0.0979. The second-order valence-electron chi connectivity index (χ2n) is 6.21. The monoisotopic (exact) mass is 394 g/mol. The van der Waals surface area contributed by atoms with E-state index in [1.807, 2.05) is 13.8 Å². The first-order valence-electron chi connectivity index (χ1n) is 9.26. The number of esters is 1. The number of carbonyl (C=O) groups excluding carboxylic acids is 3. The third kappa shape index (κ3) is 3.82. The lowest BCUT2D eigenvalue weighted by Gasteiger charge is -2.17. The van der Waals surface area contributed by atoms with Gasteiger partial charge in [-0.05, 0) is 38.1 Å². The zero-order chi connectivity index (χ0) is 21.0. The SMILES string of the molecule is CCN(CC)C(=O)c1nc(C(=O)Nc2ccccc2C(=O)OC)c2ccccn12. The van der Waals surface area contributed by atoms with Gasteiger partial charge in [0, 0.05) is 19.3 Å². The van der Waals surface area contributed by atoms with Gasteiger partial charge in [-0.15, -0.1) is 0 Å². The molecule has 29 heavy (non-hydrogen) atoms. The van der Waals surface area contributed by atoms with Crippen LogP contribution in [0, 0.1) is 0 Å². The Morgan fingerprint density at radius 1 is 1.07 bits per heavy atom. The normalized spacial score (nSPS) is 10.6. The van der Waals surface area contributed by atoms with Crippen molar-refractivity contribution in [2.24, 2.45) is 0 Å². The number of fused-ring (bicyclic) bond motifs is 1. The first-order valence-corrected chi connectivity index (χ1v) is 9.26. The number of pyridine rings is 1. The quantitative estimate of drug-likeness (QED) is 0.649. The topological polar surface area (TPSA) is 93.0 Å². The number of amides is 2. The molecule has 0 aliphatic carbocycles. The van der Waals surface area contributed by atoms with Gasteiger partial charge in [-0.1, -0.05) is 18.2 Å². The molecule has 0 radical (unpaired) electrons. The van der Waals surface area contributed by atoms with Gasteiger partial charge in [0.15, 0.2) is 5.69 Å². The molecule has 0 atom stereocenters. The van der Waals surface area contributed by atoms with Crippen LogP contribution in [0.25, 0.3) is 5.52 Å². The highest BCUT2D eigenvalue weighted by Crippen LogP contribution is 2.20. The standard InChI is InChI=1S/C21H22N4O4/c1-4-24(5-2)20(27)18-23-17(16-12-8-9-13-25(16)18)19(26)22-15-11-7-6-10-14(15)21(28)29-3/h6-13H,4-5H2,1-3H3,(H,22,26). The van der Waals surface area contributed by atoms with E-state index in [1.165, 1.54) is 7.11 Å². The summed E-state index contributed by atoms with van der Waals surface area (Å²) in [4.78, 5) is 43.8. The highest BCUT2D eigenvalue weighted by molar-refractivity contribution is 6.11. The van der Waals surface area contributed by atoms with Gasteiger partial charge in [-0.2, -0.15) is 0 Å². The molecule has 0 saturated carbocycles. The van der Waals surface area contributed by atoms with E-state index in [9.17, 15) is 14.4 Å². The van der Waals surface area contributed by atoms with Crippen molar-refractivity contribution < 1.29 is 19.1 Å². The van der Waals surface area contributed by atoms with Crippen LogP contribution in [0.3, 0.4) is 0 Å². The maximum Gasteiger partial charge on any atom is 0.339 e. The molecule has 0 bridgehead atoms. The Balaban J connectivity index is 2.02. The molecule has 0 spiro atoms. The van der Waals surface area contributed by atoms with Gasteiger partial charge in [-0.3, -0.25) is 14.0 Å². The van der Waals surface area contributed by atoms with E-state index in [1.54, 1.807) is 58.0 Å². The molecule has 2 amide bonds. The number of aromatic nitrogens is 2. The molecule has 1 N–H and O–H groups in total. The van der Waals surface area contributed by atoms with E-state index < -0.39 is 11.9 Å². The molecule has 150 valence electrons. The number of para-hydroxylation sites is 1. The van der Waals surface area contributed by atoms with Gasteiger partial charge >= 0.3 is 5.97 Å². The largest absolute Gasteiger partial charge is 0.465 e. The van der Waals surface area contributed by atoms with E-state index in [2.05, 4.69) is 10.3 Å². The molecule has 1 aromatic carbocycles. The van der Waals surface area contributed by atoms with Crippen molar-refractivity contribution in [3.63, 3.8) is 0 Å². The van der Waals surface area contributed by atoms with Crippen LogP contribution in [-0.2, 0) is 4.74 Å².